The van der Waals surface area contributed by atoms with Gasteiger partial charge in [0.25, 0.3) is 11.8 Å². The van der Waals surface area contributed by atoms with Gasteiger partial charge in [-0.15, -0.1) is 0 Å². The third-order valence-electron chi connectivity index (χ3n) is 9.93. The van der Waals surface area contributed by atoms with Crippen molar-refractivity contribution in [3.05, 3.63) is 180 Å². The Labute approximate surface area is 290 Å². The molecule has 1 aliphatic rings. The van der Waals surface area contributed by atoms with Crippen molar-refractivity contribution in [3.8, 4) is 39.1 Å². The molecule has 0 aliphatic carbocycles. The lowest BCUT2D eigenvalue weighted by atomic mass is 9.95. The molecule has 2 heterocycles. The number of imide groups is 1. The first kappa shape index (κ1) is 29.6. The van der Waals surface area contributed by atoms with Crippen molar-refractivity contribution < 1.29 is 9.59 Å². The predicted octanol–water partition coefficient (Wildman–Crippen LogP) is 11.2. The number of carbonyl (C=O) groups excluding carboxylic acids is 2. The molecule has 0 radical (unpaired) electrons. The summed E-state index contributed by atoms with van der Waals surface area (Å²) in [6, 6.07) is 52.8. The summed E-state index contributed by atoms with van der Waals surface area (Å²) in [4.78, 5) is 31.2. The highest BCUT2D eigenvalue weighted by Gasteiger charge is 2.41. The first-order valence-corrected chi connectivity index (χ1v) is 16.9. The molecule has 1 aromatic heterocycles. The van der Waals surface area contributed by atoms with E-state index in [2.05, 4.69) is 66.9 Å². The van der Waals surface area contributed by atoms with Crippen LogP contribution in [0.15, 0.2) is 158 Å². The van der Waals surface area contributed by atoms with Gasteiger partial charge in [0.2, 0.25) is 0 Å². The van der Waals surface area contributed by atoms with Crippen molar-refractivity contribution in [2.24, 2.45) is 0 Å². The third kappa shape index (κ3) is 4.46. The number of para-hydroxylation sites is 3. The Bertz CT molecular complexity index is 2590. The Balaban J connectivity index is 1.32. The molecule has 0 saturated heterocycles. The monoisotopic (exact) mass is 644 g/mol. The zero-order chi connectivity index (χ0) is 33.9. The van der Waals surface area contributed by atoms with E-state index in [1.807, 2.05) is 103 Å². The van der Waals surface area contributed by atoms with Crippen LogP contribution in [0.1, 0.15) is 31.8 Å². The number of rotatable bonds is 5. The number of fused-ring (bicyclic) bond motifs is 4. The van der Waals surface area contributed by atoms with Crippen LogP contribution in [-0.4, -0.2) is 16.4 Å². The van der Waals surface area contributed by atoms with Gasteiger partial charge in [-0.2, -0.15) is 0 Å². The second-order valence-corrected chi connectivity index (χ2v) is 13.0. The molecule has 1 aliphatic heterocycles. The van der Waals surface area contributed by atoms with Gasteiger partial charge in [0, 0.05) is 27.5 Å². The van der Waals surface area contributed by atoms with Crippen LogP contribution in [0.2, 0.25) is 0 Å². The Morgan fingerprint density at radius 3 is 1.74 bits per heavy atom. The molecule has 0 saturated carbocycles. The van der Waals surface area contributed by atoms with Crippen molar-refractivity contribution >= 4 is 39.3 Å². The zero-order valence-electron chi connectivity index (χ0n) is 27.7. The zero-order valence-corrected chi connectivity index (χ0v) is 27.7. The molecule has 0 unspecified atom stereocenters. The van der Waals surface area contributed by atoms with E-state index in [9.17, 15) is 4.79 Å². The summed E-state index contributed by atoms with van der Waals surface area (Å²) in [5.74, 6) is -0.668. The Kier molecular flexibility index (Phi) is 6.85. The first-order chi connectivity index (χ1) is 24.5. The molecule has 238 valence electrons. The fourth-order valence-electron chi connectivity index (χ4n) is 7.74. The number of amides is 2. The molecule has 0 N–H and O–H groups in total. The number of aryl methyl sites for hydroxylation is 2. The molecular formula is C46H32N2O2. The molecule has 4 heteroatoms. The van der Waals surface area contributed by atoms with Crippen molar-refractivity contribution in [1.29, 1.82) is 0 Å². The normalized spacial score (nSPS) is 12.6. The molecule has 2 amide bonds. The highest BCUT2D eigenvalue weighted by Crippen LogP contribution is 2.45. The van der Waals surface area contributed by atoms with Crippen LogP contribution in [0.25, 0.3) is 60.9 Å². The van der Waals surface area contributed by atoms with Gasteiger partial charge in [-0.3, -0.25) is 9.59 Å². The van der Waals surface area contributed by atoms with Crippen LogP contribution in [0.4, 0.5) is 5.69 Å². The van der Waals surface area contributed by atoms with E-state index >= 15 is 4.79 Å². The lowest BCUT2D eigenvalue weighted by molar-refractivity contribution is 0.0926. The van der Waals surface area contributed by atoms with Crippen LogP contribution in [0.3, 0.4) is 0 Å². The van der Waals surface area contributed by atoms with E-state index in [1.165, 1.54) is 16.0 Å². The highest BCUT2D eigenvalue weighted by molar-refractivity contribution is 6.37. The van der Waals surface area contributed by atoms with Gasteiger partial charge < -0.3 is 4.57 Å². The lowest BCUT2D eigenvalue weighted by Gasteiger charge is -2.23. The van der Waals surface area contributed by atoms with Crippen LogP contribution < -0.4 is 4.90 Å². The number of aromatic nitrogens is 1. The SMILES string of the molecule is Cc1ccc(-c2cccc3c4ccccc4n(-c4cccc5c4C(=O)N(c4c(-c6ccccc6)cccc4-c4ccccc4)C5=O)c23)c(C)c1. The summed E-state index contributed by atoms with van der Waals surface area (Å²) in [5.41, 5.74) is 12.1. The highest BCUT2D eigenvalue weighted by atomic mass is 16.2. The average Bonchev–Trinajstić information content (AvgIpc) is 3.63. The summed E-state index contributed by atoms with van der Waals surface area (Å²) < 4.78 is 2.19. The number of benzene rings is 7. The molecule has 0 fully saturated rings. The molecular weight excluding hydrogens is 613 g/mol. The van der Waals surface area contributed by atoms with E-state index in [0.717, 1.165) is 55.2 Å². The summed E-state index contributed by atoms with van der Waals surface area (Å²) >= 11 is 0. The topological polar surface area (TPSA) is 42.3 Å². The number of hydrogen-bond donors (Lipinski definition) is 0. The molecule has 8 aromatic rings. The first-order valence-electron chi connectivity index (χ1n) is 16.9. The van der Waals surface area contributed by atoms with Gasteiger partial charge in [-0.05, 0) is 54.3 Å². The van der Waals surface area contributed by atoms with Crippen molar-refractivity contribution in [3.63, 3.8) is 0 Å². The van der Waals surface area contributed by atoms with E-state index in [-0.39, 0.29) is 11.8 Å². The molecule has 50 heavy (non-hydrogen) atoms. The maximum atomic E-state index is 15.1. The van der Waals surface area contributed by atoms with Gasteiger partial charge >= 0.3 is 0 Å². The molecule has 0 spiro atoms. The fourth-order valence-corrected chi connectivity index (χ4v) is 7.74. The number of hydrogen-bond acceptors (Lipinski definition) is 2. The summed E-state index contributed by atoms with van der Waals surface area (Å²) in [5, 5.41) is 2.17. The van der Waals surface area contributed by atoms with E-state index in [1.54, 1.807) is 6.07 Å². The number of carbonyl (C=O) groups is 2. The Morgan fingerprint density at radius 1 is 0.460 bits per heavy atom. The van der Waals surface area contributed by atoms with E-state index < -0.39 is 0 Å². The largest absolute Gasteiger partial charge is 0.308 e. The molecule has 4 nitrogen and oxygen atoms in total. The van der Waals surface area contributed by atoms with Gasteiger partial charge in [0.05, 0.1) is 33.5 Å². The maximum absolute atomic E-state index is 15.1. The molecule has 0 atom stereocenters. The molecule has 9 rings (SSSR count). The number of nitrogens with zero attached hydrogens (tertiary/aromatic N) is 2. The van der Waals surface area contributed by atoms with Crippen molar-refractivity contribution in [2.75, 3.05) is 4.90 Å². The minimum absolute atomic E-state index is 0.331. The second-order valence-electron chi connectivity index (χ2n) is 13.0. The standard InChI is InChI=1S/C46H32N2O2/c1-29-26-27-33(30(2)28-29)37-21-12-22-38-36-18-9-10-24-40(36)47(44(37)38)41-25-13-23-39-42(41)46(50)48(45(39)49)43-34(31-14-5-3-6-15-31)19-11-20-35(43)32-16-7-4-8-17-32/h3-28H,1-2H3. The van der Waals surface area contributed by atoms with Crippen LogP contribution in [0, 0.1) is 13.8 Å². The van der Waals surface area contributed by atoms with Crippen molar-refractivity contribution in [2.45, 2.75) is 13.8 Å². The Hall–Kier alpha value is -6.52. The maximum Gasteiger partial charge on any atom is 0.268 e. The van der Waals surface area contributed by atoms with E-state index in [0.29, 0.717) is 22.5 Å². The average molecular weight is 645 g/mol. The number of anilines is 1. The molecule has 7 aromatic carbocycles. The summed E-state index contributed by atoms with van der Waals surface area (Å²) in [6.07, 6.45) is 0. The smallest absolute Gasteiger partial charge is 0.268 e. The van der Waals surface area contributed by atoms with Crippen LogP contribution in [-0.2, 0) is 0 Å². The van der Waals surface area contributed by atoms with Crippen LogP contribution >= 0.6 is 0 Å². The fraction of sp³-hybridized carbons (Fsp3) is 0.0435. The Morgan fingerprint density at radius 2 is 1.04 bits per heavy atom. The summed E-state index contributed by atoms with van der Waals surface area (Å²) in [6.45, 7) is 4.25. The van der Waals surface area contributed by atoms with Gasteiger partial charge in [-0.1, -0.05) is 145 Å². The lowest BCUT2D eigenvalue weighted by Crippen LogP contribution is -2.30. The quantitative estimate of drug-likeness (QED) is 0.175. The van der Waals surface area contributed by atoms with Gasteiger partial charge in [0.1, 0.15) is 0 Å². The summed E-state index contributed by atoms with van der Waals surface area (Å²) in [7, 11) is 0. The second kappa shape index (κ2) is 11.6. The predicted molar refractivity (Wildman–Crippen MR) is 204 cm³/mol. The third-order valence-corrected chi connectivity index (χ3v) is 9.93. The molecule has 0 bridgehead atoms. The van der Waals surface area contributed by atoms with Crippen LogP contribution in [0.5, 0.6) is 0 Å². The van der Waals surface area contributed by atoms with Gasteiger partial charge in [0.15, 0.2) is 0 Å². The van der Waals surface area contributed by atoms with E-state index in [4.69, 9.17) is 0 Å². The van der Waals surface area contributed by atoms with Gasteiger partial charge in [-0.25, -0.2) is 4.90 Å². The minimum Gasteiger partial charge on any atom is -0.308 e. The van der Waals surface area contributed by atoms with Crippen molar-refractivity contribution in [1.82, 2.24) is 4.57 Å². The minimum atomic E-state index is -0.337.